The van der Waals surface area contributed by atoms with Crippen molar-refractivity contribution < 1.29 is 24.2 Å². The molecule has 2 aromatic rings. The van der Waals surface area contributed by atoms with Crippen LogP contribution in [0.15, 0.2) is 42.7 Å². The first-order chi connectivity index (χ1) is 12.7. The number of ether oxygens (including phenoxy) is 2. The van der Waals surface area contributed by atoms with Crippen LogP contribution in [0.5, 0.6) is 5.75 Å². The van der Waals surface area contributed by atoms with E-state index in [4.69, 9.17) is 26.2 Å². The third-order valence-electron chi connectivity index (χ3n) is 3.29. The molecule has 1 N–H and O–H groups in total. The molecule has 1 aromatic heterocycles. The minimum Gasteiger partial charge on any atom is -0.492 e. The van der Waals surface area contributed by atoms with E-state index in [0.717, 1.165) is 0 Å². The average Bonchev–Trinajstić information content (AvgIpc) is 2.57. The van der Waals surface area contributed by atoms with Crippen LogP contribution in [-0.2, 0) is 4.74 Å². The molecule has 0 aliphatic heterocycles. The number of carboxylic acids is 1. The molecule has 1 aromatic carbocycles. The minimum atomic E-state index is -1.10. The molecule has 1 amide bonds. The topological polar surface area (TPSA) is 89.0 Å². The third kappa shape index (κ3) is 6.45. The maximum absolute atomic E-state index is 12.5. The summed E-state index contributed by atoms with van der Waals surface area (Å²) in [7, 11) is 0. The summed E-state index contributed by atoms with van der Waals surface area (Å²) >= 11 is 5.92. The van der Waals surface area contributed by atoms with Crippen molar-refractivity contribution in [1.82, 2.24) is 4.98 Å². The van der Waals surface area contributed by atoms with E-state index in [-0.39, 0.29) is 23.7 Å². The number of aromatic carboxylic acids is 1. The highest BCUT2D eigenvalue weighted by Gasteiger charge is 2.23. The summed E-state index contributed by atoms with van der Waals surface area (Å²) in [6.07, 6.45) is 2.63. The fraction of sp³-hybridized carbons (Fsp3) is 0.316. The number of pyridine rings is 1. The molecule has 0 fully saturated rings. The minimum absolute atomic E-state index is 0.0237. The Morgan fingerprint density at radius 2 is 1.85 bits per heavy atom. The van der Waals surface area contributed by atoms with Crippen LogP contribution < -0.4 is 9.64 Å². The second kappa shape index (κ2) is 8.73. The van der Waals surface area contributed by atoms with Crippen LogP contribution in [0.4, 0.5) is 10.5 Å². The molecule has 0 unspecified atom stereocenters. The molecule has 0 saturated heterocycles. The zero-order valence-electron chi connectivity index (χ0n) is 15.3. The number of carboxylic acid groups (broad SMARTS) is 1. The smallest absolute Gasteiger partial charge is 0.414 e. The predicted molar refractivity (Wildman–Crippen MR) is 102 cm³/mol. The standard InChI is InChI=1S/C19H21ClN2O5/c1-19(2,3)27-18(25)22(15-4-6-21-7-5-15)8-9-26-16-11-13(17(23)24)10-14(20)12-16/h4-7,10-12H,8-9H2,1-3H3,(H,23,24). The number of nitrogens with zero attached hydrogens (tertiary/aromatic N) is 2. The highest BCUT2D eigenvalue weighted by atomic mass is 35.5. The van der Waals surface area contributed by atoms with Crippen LogP contribution >= 0.6 is 11.6 Å². The SMILES string of the molecule is CC(C)(C)OC(=O)N(CCOc1cc(Cl)cc(C(=O)O)c1)c1ccncc1. The fourth-order valence-electron chi connectivity index (χ4n) is 2.19. The van der Waals surface area contributed by atoms with E-state index >= 15 is 0 Å². The molecule has 27 heavy (non-hydrogen) atoms. The van der Waals surface area contributed by atoms with Crippen molar-refractivity contribution in [1.29, 1.82) is 0 Å². The van der Waals surface area contributed by atoms with Crippen molar-refractivity contribution in [3.05, 3.63) is 53.3 Å². The lowest BCUT2D eigenvalue weighted by molar-refractivity contribution is 0.0574. The van der Waals surface area contributed by atoms with Crippen LogP contribution in [-0.4, -0.2) is 40.9 Å². The number of hydrogen-bond acceptors (Lipinski definition) is 5. The van der Waals surface area contributed by atoms with Gasteiger partial charge in [0.25, 0.3) is 0 Å². The quantitative estimate of drug-likeness (QED) is 0.790. The second-order valence-electron chi connectivity index (χ2n) is 6.67. The number of amides is 1. The first kappa shape index (κ1) is 20.5. The van der Waals surface area contributed by atoms with Gasteiger partial charge in [-0.25, -0.2) is 9.59 Å². The Labute approximate surface area is 162 Å². The number of carbonyl (C=O) groups is 2. The Balaban J connectivity index is 2.10. The number of rotatable bonds is 6. The lowest BCUT2D eigenvalue weighted by atomic mass is 10.2. The summed E-state index contributed by atoms with van der Waals surface area (Å²) in [6.45, 7) is 5.65. The Morgan fingerprint density at radius 3 is 2.44 bits per heavy atom. The van der Waals surface area contributed by atoms with Crippen LogP contribution in [0.3, 0.4) is 0 Å². The Morgan fingerprint density at radius 1 is 1.19 bits per heavy atom. The maximum Gasteiger partial charge on any atom is 0.414 e. The maximum atomic E-state index is 12.5. The molecule has 0 spiro atoms. The summed E-state index contributed by atoms with van der Waals surface area (Å²) in [5, 5.41) is 9.34. The summed E-state index contributed by atoms with van der Waals surface area (Å²) in [5.74, 6) is -0.798. The molecule has 0 atom stereocenters. The molecule has 0 aliphatic carbocycles. The number of halogens is 1. The zero-order chi connectivity index (χ0) is 20.0. The summed E-state index contributed by atoms with van der Waals surface area (Å²) in [5.41, 5.74) is -0.0113. The van der Waals surface area contributed by atoms with Gasteiger partial charge in [-0.05, 0) is 51.1 Å². The van der Waals surface area contributed by atoms with Crippen molar-refractivity contribution in [2.75, 3.05) is 18.1 Å². The summed E-state index contributed by atoms with van der Waals surface area (Å²) in [4.78, 5) is 29.0. The Hall–Kier alpha value is -2.80. The van der Waals surface area contributed by atoms with Gasteiger partial charge in [0.05, 0.1) is 17.8 Å². The molecule has 0 bridgehead atoms. The third-order valence-corrected chi connectivity index (χ3v) is 3.51. The molecule has 0 aliphatic rings. The number of anilines is 1. The molecular formula is C19H21ClN2O5. The van der Waals surface area contributed by atoms with Crippen molar-refractivity contribution in [3.63, 3.8) is 0 Å². The molecule has 8 heteroatoms. The monoisotopic (exact) mass is 392 g/mol. The molecule has 7 nitrogen and oxygen atoms in total. The van der Waals surface area contributed by atoms with Gasteiger partial charge in [-0.2, -0.15) is 0 Å². The number of aromatic nitrogens is 1. The van der Waals surface area contributed by atoms with Crippen LogP contribution in [0.2, 0.25) is 5.02 Å². The fourth-order valence-corrected chi connectivity index (χ4v) is 2.42. The van der Waals surface area contributed by atoms with Gasteiger partial charge in [0.2, 0.25) is 0 Å². The first-order valence-corrected chi connectivity index (χ1v) is 8.61. The van der Waals surface area contributed by atoms with E-state index in [2.05, 4.69) is 4.98 Å². The van der Waals surface area contributed by atoms with E-state index in [1.54, 1.807) is 45.3 Å². The molecule has 1 heterocycles. The number of hydrogen-bond donors (Lipinski definition) is 1. The molecule has 144 valence electrons. The van der Waals surface area contributed by atoms with Gasteiger partial charge in [0, 0.05) is 17.4 Å². The normalized spacial score (nSPS) is 11.0. The molecule has 2 rings (SSSR count). The predicted octanol–water partition coefficient (Wildman–Crippen LogP) is 4.25. The van der Waals surface area contributed by atoms with Gasteiger partial charge in [-0.1, -0.05) is 11.6 Å². The Bertz CT molecular complexity index is 805. The van der Waals surface area contributed by atoms with Crippen LogP contribution in [0, 0.1) is 0 Å². The van der Waals surface area contributed by atoms with Crippen molar-refractivity contribution in [2.45, 2.75) is 26.4 Å². The Kier molecular flexibility index (Phi) is 6.63. The van der Waals surface area contributed by atoms with E-state index in [1.807, 2.05) is 0 Å². The average molecular weight is 393 g/mol. The second-order valence-corrected chi connectivity index (χ2v) is 7.10. The number of carbonyl (C=O) groups excluding carboxylic acids is 1. The lowest BCUT2D eigenvalue weighted by Gasteiger charge is -2.27. The van der Waals surface area contributed by atoms with E-state index < -0.39 is 17.7 Å². The van der Waals surface area contributed by atoms with E-state index in [1.165, 1.54) is 23.1 Å². The highest BCUT2D eigenvalue weighted by molar-refractivity contribution is 6.31. The van der Waals surface area contributed by atoms with Gasteiger partial charge in [-0.3, -0.25) is 9.88 Å². The van der Waals surface area contributed by atoms with Crippen LogP contribution in [0.25, 0.3) is 0 Å². The van der Waals surface area contributed by atoms with E-state index in [9.17, 15) is 9.59 Å². The van der Waals surface area contributed by atoms with Crippen molar-refractivity contribution in [3.8, 4) is 5.75 Å². The van der Waals surface area contributed by atoms with Gasteiger partial charge in [0.1, 0.15) is 18.0 Å². The lowest BCUT2D eigenvalue weighted by Crippen LogP contribution is -2.39. The van der Waals surface area contributed by atoms with Crippen LogP contribution in [0.1, 0.15) is 31.1 Å². The van der Waals surface area contributed by atoms with Gasteiger partial charge < -0.3 is 14.6 Å². The zero-order valence-corrected chi connectivity index (χ0v) is 16.1. The largest absolute Gasteiger partial charge is 0.492 e. The van der Waals surface area contributed by atoms with Gasteiger partial charge >= 0.3 is 12.1 Å². The van der Waals surface area contributed by atoms with E-state index in [0.29, 0.717) is 11.4 Å². The van der Waals surface area contributed by atoms with Crippen molar-refractivity contribution >= 4 is 29.4 Å². The number of benzene rings is 1. The van der Waals surface area contributed by atoms with Gasteiger partial charge in [0.15, 0.2) is 0 Å². The molecular weight excluding hydrogens is 372 g/mol. The first-order valence-electron chi connectivity index (χ1n) is 8.23. The highest BCUT2D eigenvalue weighted by Crippen LogP contribution is 2.22. The van der Waals surface area contributed by atoms with Gasteiger partial charge in [-0.15, -0.1) is 0 Å². The van der Waals surface area contributed by atoms with Crippen molar-refractivity contribution in [2.24, 2.45) is 0 Å². The molecule has 0 radical (unpaired) electrons. The molecule has 0 saturated carbocycles. The summed E-state index contributed by atoms with van der Waals surface area (Å²) < 4.78 is 11.0. The summed E-state index contributed by atoms with van der Waals surface area (Å²) in [6, 6.07) is 7.59.